The number of hydrogen-bond acceptors (Lipinski definition) is 2. The average Bonchev–Trinajstić information content (AvgIpc) is 2.42. The molecule has 0 amide bonds. The summed E-state index contributed by atoms with van der Waals surface area (Å²) < 4.78 is 0. The molecule has 2 aromatic carbocycles. The van der Waals surface area contributed by atoms with E-state index in [1.54, 1.807) is 0 Å². The fraction of sp³-hybridized carbons (Fsp3) is 0.294. The summed E-state index contributed by atoms with van der Waals surface area (Å²) in [7, 11) is 0. The van der Waals surface area contributed by atoms with Gasteiger partial charge in [-0.15, -0.1) is 0 Å². The average molecular weight is 289 g/mol. The molecule has 20 heavy (non-hydrogen) atoms. The Morgan fingerprint density at radius 3 is 2.55 bits per heavy atom. The summed E-state index contributed by atoms with van der Waals surface area (Å²) >= 11 is 6.11. The molecule has 0 spiro atoms. The van der Waals surface area contributed by atoms with Gasteiger partial charge in [0.25, 0.3) is 0 Å². The summed E-state index contributed by atoms with van der Waals surface area (Å²) in [5.74, 6) is 0. The zero-order chi connectivity index (χ0) is 14.4. The van der Waals surface area contributed by atoms with Crippen LogP contribution in [0, 0.1) is 13.8 Å². The van der Waals surface area contributed by atoms with Crippen molar-refractivity contribution in [2.24, 2.45) is 0 Å². The van der Waals surface area contributed by atoms with Crippen LogP contribution in [0.25, 0.3) is 0 Å². The van der Waals surface area contributed by atoms with Crippen molar-refractivity contribution in [3.63, 3.8) is 0 Å². The Hall–Kier alpha value is -1.51. The first-order valence-corrected chi connectivity index (χ1v) is 7.30. The topological polar surface area (TPSA) is 24.1 Å². The van der Waals surface area contributed by atoms with Gasteiger partial charge in [0.2, 0.25) is 0 Å². The van der Waals surface area contributed by atoms with Crippen LogP contribution < -0.4 is 10.6 Å². The van der Waals surface area contributed by atoms with E-state index >= 15 is 0 Å². The first-order valence-electron chi connectivity index (χ1n) is 6.92. The summed E-state index contributed by atoms with van der Waals surface area (Å²) in [4.78, 5) is 0. The molecule has 2 nitrogen and oxygen atoms in total. The van der Waals surface area contributed by atoms with E-state index in [0.29, 0.717) is 0 Å². The third-order valence-electron chi connectivity index (χ3n) is 3.27. The molecule has 0 aliphatic heterocycles. The van der Waals surface area contributed by atoms with Crippen LogP contribution in [-0.4, -0.2) is 13.1 Å². The second-order valence-electron chi connectivity index (χ2n) is 5.01. The number of rotatable bonds is 6. The van der Waals surface area contributed by atoms with Gasteiger partial charge in [0.15, 0.2) is 0 Å². The molecule has 2 aromatic rings. The predicted octanol–water partition coefficient (Wildman–Crippen LogP) is 4.16. The first-order chi connectivity index (χ1) is 9.66. The van der Waals surface area contributed by atoms with Gasteiger partial charge in [-0.3, -0.25) is 0 Å². The fourth-order valence-electron chi connectivity index (χ4n) is 2.16. The number of aryl methyl sites for hydroxylation is 2. The molecule has 0 saturated carbocycles. The molecule has 0 aromatic heterocycles. The SMILES string of the molecule is Cc1ccc(NCCNCc2ccccc2Cl)c(C)c1. The van der Waals surface area contributed by atoms with Gasteiger partial charge in [-0.1, -0.05) is 47.5 Å². The summed E-state index contributed by atoms with van der Waals surface area (Å²) in [6.45, 7) is 6.84. The highest BCUT2D eigenvalue weighted by Gasteiger charge is 1.99. The molecule has 0 saturated heterocycles. The van der Waals surface area contributed by atoms with Crippen LogP contribution in [-0.2, 0) is 6.54 Å². The lowest BCUT2D eigenvalue weighted by Gasteiger charge is -2.11. The van der Waals surface area contributed by atoms with Crippen LogP contribution in [0.4, 0.5) is 5.69 Å². The Bertz CT molecular complexity index is 567. The van der Waals surface area contributed by atoms with Crippen molar-refractivity contribution >= 4 is 17.3 Å². The first kappa shape index (κ1) is 14.9. The molecule has 0 unspecified atom stereocenters. The van der Waals surface area contributed by atoms with Crippen molar-refractivity contribution in [1.82, 2.24) is 5.32 Å². The molecule has 2 rings (SSSR count). The van der Waals surface area contributed by atoms with E-state index < -0.39 is 0 Å². The Balaban J connectivity index is 1.73. The molecule has 0 aliphatic rings. The summed E-state index contributed by atoms with van der Waals surface area (Å²) in [6.07, 6.45) is 0. The van der Waals surface area contributed by atoms with Gasteiger partial charge in [0.1, 0.15) is 0 Å². The summed E-state index contributed by atoms with van der Waals surface area (Å²) in [5.41, 5.74) is 4.93. The molecule has 2 N–H and O–H groups in total. The lowest BCUT2D eigenvalue weighted by atomic mass is 10.1. The number of anilines is 1. The summed E-state index contributed by atoms with van der Waals surface area (Å²) in [6, 6.07) is 14.4. The Labute approximate surface area is 126 Å². The van der Waals surface area contributed by atoms with Gasteiger partial charge in [0, 0.05) is 30.3 Å². The van der Waals surface area contributed by atoms with Crippen LogP contribution in [0.5, 0.6) is 0 Å². The minimum atomic E-state index is 0.800. The van der Waals surface area contributed by atoms with Gasteiger partial charge in [-0.2, -0.15) is 0 Å². The van der Waals surface area contributed by atoms with Gasteiger partial charge < -0.3 is 10.6 Å². The Morgan fingerprint density at radius 1 is 1.00 bits per heavy atom. The normalized spacial score (nSPS) is 10.6. The standard InChI is InChI=1S/C17H21ClN2/c1-13-7-8-17(14(2)11-13)20-10-9-19-12-15-5-3-4-6-16(15)18/h3-8,11,19-20H,9-10,12H2,1-2H3. The zero-order valence-electron chi connectivity index (χ0n) is 12.0. The van der Waals surface area contributed by atoms with Gasteiger partial charge in [-0.05, 0) is 37.1 Å². The lowest BCUT2D eigenvalue weighted by Crippen LogP contribution is -2.22. The molecule has 106 valence electrons. The minimum absolute atomic E-state index is 0.800. The van der Waals surface area contributed by atoms with E-state index in [4.69, 9.17) is 11.6 Å². The third-order valence-corrected chi connectivity index (χ3v) is 3.64. The van der Waals surface area contributed by atoms with E-state index in [0.717, 1.165) is 30.2 Å². The van der Waals surface area contributed by atoms with E-state index in [-0.39, 0.29) is 0 Å². The maximum atomic E-state index is 6.11. The number of hydrogen-bond donors (Lipinski definition) is 2. The monoisotopic (exact) mass is 288 g/mol. The quantitative estimate of drug-likeness (QED) is 0.780. The van der Waals surface area contributed by atoms with E-state index in [1.807, 2.05) is 24.3 Å². The highest BCUT2D eigenvalue weighted by Crippen LogP contribution is 2.16. The smallest absolute Gasteiger partial charge is 0.0450 e. The third kappa shape index (κ3) is 4.26. The molecular formula is C17H21ClN2. The number of nitrogens with one attached hydrogen (secondary N) is 2. The van der Waals surface area contributed by atoms with Crippen molar-refractivity contribution in [2.45, 2.75) is 20.4 Å². The highest BCUT2D eigenvalue weighted by atomic mass is 35.5. The molecule has 0 aliphatic carbocycles. The van der Waals surface area contributed by atoms with Crippen molar-refractivity contribution in [2.75, 3.05) is 18.4 Å². The maximum absolute atomic E-state index is 6.11. The van der Waals surface area contributed by atoms with Crippen molar-refractivity contribution < 1.29 is 0 Å². The Morgan fingerprint density at radius 2 is 1.80 bits per heavy atom. The van der Waals surface area contributed by atoms with Crippen LogP contribution >= 0.6 is 11.6 Å². The molecule has 0 bridgehead atoms. The second-order valence-corrected chi connectivity index (χ2v) is 5.42. The second kappa shape index (κ2) is 7.32. The lowest BCUT2D eigenvalue weighted by molar-refractivity contribution is 0.707. The van der Waals surface area contributed by atoms with Crippen molar-refractivity contribution in [3.05, 3.63) is 64.2 Å². The van der Waals surface area contributed by atoms with Gasteiger partial charge in [0.05, 0.1) is 0 Å². The van der Waals surface area contributed by atoms with E-state index in [9.17, 15) is 0 Å². The molecule has 0 radical (unpaired) electrons. The maximum Gasteiger partial charge on any atom is 0.0450 e. The molecule has 0 atom stereocenters. The predicted molar refractivity (Wildman–Crippen MR) is 87.6 cm³/mol. The molecule has 0 heterocycles. The largest absolute Gasteiger partial charge is 0.384 e. The van der Waals surface area contributed by atoms with Crippen LogP contribution in [0.3, 0.4) is 0 Å². The molecular weight excluding hydrogens is 268 g/mol. The van der Waals surface area contributed by atoms with Crippen LogP contribution in [0.2, 0.25) is 5.02 Å². The van der Waals surface area contributed by atoms with Crippen molar-refractivity contribution in [3.8, 4) is 0 Å². The minimum Gasteiger partial charge on any atom is -0.384 e. The zero-order valence-corrected chi connectivity index (χ0v) is 12.8. The number of benzene rings is 2. The molecule has 3 heteroatoms. The van der Waals surface area contributed by atoms with Crippen molar-refractivity contribution in [1.29, 1.82) is 0 Å². The van der Waals surface area contributed by atoms with Crippen LogP contribution in [0.15, 0.2) is 42.5 Å². The molecule has 0 fully saturated rings. The fourth-order valence-corrected chi connectivity index (χ4v) is 2.36. The Kier molecular flexibility index (Phi) is 5.45. The van der Waals surface area contributed by atoms with Crippen LogP contribution in [0.1, 0.15) is 16.7 Å². The van der Waals surface area contributed by atoms with Gasteiger partial charge in [-0.25, -0.2) is 0 Å². The van der Waals surface area contributed by atoms with Gasteiger partial charge >= 0.3 is 0 Å². The highest BCUT2D eigenvalue weighted by molar-refractivity contribution is 6.31. The number of halogens is 1. The van der Waals surface area contributed by atoms with E-state index in [2.05, 4.69) is 42.7 Å². The summed E-state index contributed by atoms with van der Waals surface area (Å²) in [5, 5.41) is 7.66. The van der Waals surface area contributed by atoms with E-state index in [1.165, 1.54) is 16.8 Å².